The van der Waals surface area contributed by atoms with Gasteiger partial charge in [0.25, 0.3) is 0 Å². The van der Waals surface area contributed by atoms with E-state index >= 15 is 0 Å². The zero-order valence-electron chi connectivity index (χ0n) is 20.2. The highest BCUT2D eigenvalue weighted by Crippen LogP contribution is 2.44. The Bertz CT molecular complexity index is 1090. The van der Waals surface area contributed by atoms with Crippen LogP contribution in [0.5, 0.6) is 0 Å². The lowest BCUT2D eigenvalue weighted by Gasteiger charge is -2.36. The van der Waals surface area contributed by atoms with Crippen LogP contribution >= 0.6 is 0 Å². The normalized spacial score (nSPS) is 25.5. The number of halogens is 7. The summed E-state index contributed by atoms with van der Waals surface area (Å²) in [7, 11) is 1.85. The lowest BCUT2D eigenvalue weighted by molar-refractivity contribution is -0.143. The van der Waals surface area contributed by atoms with Gasteiger partial charge in [-0.1, -0.05) is 12.1 Å². The summed E-state index contributed by atoms with van der Waals surface area (Å²) >= 11 is 0. The Morgan fingerprint density at radius 3 is 2.05 bits per heavy atom. The Hall–Kier alpha value is -2.66. The van der Waals surface area contributed by atoms with Crippen molar-refractivity contribution in [3.8, 4) is 0 Å². The maximum absolute atomic E-state index is 13.6. The third-order valence-electron chi connectivity index (χ3n) is 7.26. The van der Waals surface area contributed by atoms with Crippen molar-refractivity contribution >= 4 is 5.91 Å². The third-order valence-corrected chi connectivity index (χ3v) is 7.26. The molecule has 2 aliphatic rings. The first-order valence-corrected chi connectivity index (χ1v) is 12.0. The lowest BCUT2D eigenvalue weighted by atomic mass is 9.91. The van der Waals surface area contributed by atoms with Gasteiger partial charge in [0.1, 0.15) is 5.82 Å². The van der Waals surface area contributed by atoms with E-state index in [1.54, 1.807) is 12.1 Å². The van der Waals surface area contributed by atoms with E-state index in [9.17, 15) is 35.5 Å². The van der Waals surface area contributed by atoms with E-state index in [4.69, 9.17) is 4.74 Å². The van der Waals surface area contributed by atoms with Crippen molar-refractivity contribution in [1.82, 2.24) is 10.2 Å². The van der Waals surface area contributed by atoms with Crippen LogP contribution in [0.3, 0.4) is 0 Å². The van der Waals surface area contributed by atoms with Crippen LogP contribution in [0.25, 0.3) is 0 Å². The third kappa shape index (κ3) is 6.09. The molecule has 4 nitrogen and oxygen atoms in total. The number of rotatable bonds is 6. The van der Waals surface area contributed by atoms with E-state index < -0.39 is 41.5 Å². The van der Waals surface area contributed by atoms with Crippen molar-refractivity contribution < 1.29 is 40.3 Å². The van der Waals surface area contributed by atoms with Gasteiger partial charge in [-0.3, -0.25) is 9.69 Å². The molecule has 4 rings (SSSR count). The summed E-state index contributed by atoms with van der Waals surface area (Å²) < 4.78 is 100.0. The largest absolute Gasteiger partial charge is 0.416 e. The molecule has 37 heavy (non-hydrogen) atoms. The van der Waals surface area contributed by atoms with Crippen molar-refractivity contribution in [3.63, 3.8) is 0 Å². The van der Waals surface area contributed by atoms with Gasteiger partial charge in [0, 0.05) is 18.4 Å². The topological polar surface area (TPSA) is 41.6 Å². The van der Waals surface area contributed by atoms with Crippen LogP contribution in [0.1, 0.15) is 66.9 Å². The molecule has 202 valence electrons. The van der Waals surface area contributed by atoms with Crippen molar-refractivity contribution in [1.29, 1.82) is 0 Å². The van der Waals surface area contributed by atoms with Crippen molar-refractivity contribution in [2.45, 2.75) is 75.3 Å². The van der Waals surface area contributed by atoms with Gasteiger partial charge in [0.15, 0.2) is 0 Å². The fourth-order valence-electron chi connectivity index (χ4n) is 5.36. The number of carbonyl (C=O) groups is 1. The maximum Gasteiger partial charge on any atom is 0.416 e. The minimum Gasteiger partial charge on any atom is -0.370 e. The molecule has 11 heteroatoms. The molecule has 1 saturated carbocycles. The number of likely N-dealkylation sites (N-methyl/N-ethyl adjacent to an activating group) is 1. The fourth-order valence-corrected chi connectivity index (χ4v) is 5.36. The number of amides is 1. The quantitative estimate of drug-likeness (QED) is 0.437. The van der Waals surface area contributed by atoms with Gasteiger partial charge in [-0.2, -0.15) is 26.3 Å². The molecule has 1 amide bonds. The number of hydrogen-bond donors (Lipinski definition) is 1. The Labute approximate surface area is 209 Å². The molecular weight excluding hydrogens is 505 g/mol. The van der Waals surface area contributed by atoms with Crippen LogP contribution in [0.15, 0.2) is 42.5 Å². The Morgan fingerprint density at radius 1 is 0.946 bits per heavy atom. The zero-order valence-corrected chi connectivity index (χ0v) is 20.2. The summed E-state index contributed by atoms with van der Waals surface area (Å²) in [6, 6.07) is 7.10. The van der Waals surface area contributed by atoms with Crippen molar-refractivity contribution in [2.75, 3.05) is 7.05 Å². The molecule has 1 N–H and O–H groups in total. The Balaban J connectivity index is 1.63. The molecule has 1 saturated heterocycles. The number of nitrogens with one attached hydrogen (secondary N) is 1. The smallest absolute Gasteiger partial charge is 0.370 e. The number of hydrogen-bond acceptors (Lipinski definition) is 3. The van der Waals surface area contributed by atoms with Gasteiger partial charge in [-0.25, -0.2) is 4.39 Å². The summed E-state index contributed by atoms with van der Waals surface area (Å²) in [5.41, 5.74) is -2.30. The fraction of sp³-hybridized carbons (Fsp3) is 0.500. The first kappa shape index (κ1) is 27.4. The monoisotopic (exact) mass is 532 g/mol. The molecule has 0 radical (unpaired) electrons. The first-order chi connectivity index (χ1) is 17.2. The molecule has 5 atom stereocenters. The van der Waals surface area contributed by atoms with Crippen LogP contribution in [0, 0.1) is 5.82 Å². The molecule has 0 unspecified atom stereocenters. The average molecular weight is 533 g/mol. The van der Waals surface area contributed by atoms with Gasteiger partial charge in [-0.05, 0) is 74.7 Å². The van der Waals surface area contributed by atoms with E-state index in [2.05, 4.69) is 5.32 Å². The standard InChI is InChI=1S/C26H27F7N2O2/c1-14(16-11-17(25(28,29)30)13-18(12-16)26(31,32)33)37-21-8-7-20(35(2)22-9-10-23(36)34-22)24(21)15-3-5-19(27)6-4-15/h3-6,11-14,20-22,24H,7-10H2,1-2H3,(H,34,36)/t14-,20-,21+,22-,24-/m0/s1. The van der Waals surface area contributed by atoms with Crippen molar-refractivity contribution in [2.24, 2.45) is 0 Å². The molecule has 0 bridgehead atoms. The first-order valence-electron chi connectivity index (χ1n) is 12.0. The van der Waals surface area contributed by atoms with Crippen LogP contribution in [-0.2, 0) is 21.9 Å². The van der Waals surface area contributed by atoms with E-state index in [1.165, 1.54) is 19.1 Å². The minimum absolute atomic E-state index is 0.0698. The van der Waals surface area contributed by atoms with Crippen LogP contribution < -0.4 is 5.32 Å². The Kier molecular flexibility index (Phi) is 7.58. The molecule has 1 aliphatic heterocycles. The van der Waals surface area contributed by atoms with Crippen LogP contribution in [-0.4, -0.2) is 36.2 Å². The number of nitrogens with zero attached hydrogens (tertiary/aromatic N) is 1. The van der Waals surface area contributed by atoms with Gasteiger partial charge < -0.3 is 10.1 Å². The van der Waals surface area contributed by atoms with E-state index in [1.807, 2.05) is 11.9 Å². The number of benzene rings is 2. The van der Waals surface area contributed by atoms with Crippen molar-refractivity contribution in [3.05, 3.63) is 70.5 Å². The average Bonchev–Trinajstić information content (AvgIpc) is 3.44. The minimum atomic E-state index is -4.96. The summed E-state index contributed by atoms with van der Waals surface area (Å²) in [6.45, 7) is 1.42. The molecule has 0 spiro atoms. The second kappa shape index (κ2) is 10.2. The van der Waals surface area contributed by atoms with E-state index in [0.29, 0.717) is 37.8 Å². The van der Waals surface area contributed by atoms with Gasteiger partial charge in [0.2, 0.25) is 5.91 Å². The Morgan fingerprint density at radius 2 is 1.54 bits per heavy atom. The molecule has 2 aromatic carbocycles. The summed E-state index contributed by atoms with van der Waals surface area (Å²) in [4.78, 5) is 13.8. The van der Waals surface area contributed by atoms with E-state index in [0.717, 1.165) is 5.56 Å². The molecular formula is C26H27F7N2O2. The highest BCUT2D eigenvalue weighted by atomic mass is 19.4. The summed E-state index contributed by atoms with van der Waals surface area (Å²) in [5, 5.41) is 2.91. The second-order valence-electron chi connectivity index (χ2n) is 9.67. The molecule has 2 aromatic rings. The number of ether oxygens (including phenoxy) is 1. The number of alkyl halides is 6. The van der Waals surface area contributed by atoms with Gasteiger partial charge in [0.05, 0.1) is 29.5 Å². The maximum atomic E-state index is 13.6. The summed E-state index contributed by atoms with van der Waals surface area (Å²) in [6.07, 6.45) is -9.69. The highest BCUT2D eigenvalue weighted by molar-refractivity contribution is 5.78. The van der Waals surface area contributed by atoms with Gasteiger partial charge in [-0.15, -0.1) is 0 Å². The summed E-state index contributed by atoms with van der Waals surface area (Å²) in [5.74, 6) is -0.859. The highest BCUT2D eigenvalue weighted by Gasteiger charge is 2.44. The predicted octanol–water partition coefficient (Wildman–Crippen LogP) is 6.42. The lowest BCUT2D eigenvalue weighted by Crippen LogP contribution is -2.48. The second-order valence-corrected chi connectivity index (χ2v) is 9.67. The zero-order chi connectivity index (χ0) is 27.1. The molecule has 1 heterocycles. The SMILES string of the molecule is C[C@H](O[C@@H]1CC[C@H](N(C)[C@H]2CCC(=O)N2)[C@@H]1c1ccc(F)cc1)c1cc(C(F)(F)F)cc(C(F)(F)F)c1. The van der Waals surface area contributed by atoms with Crippen LogP contribution in [0.4, 0.5) is 30.7 Å². The van der Waals surface area contributed by atoms with Gasteiger partial charge >= 0.3 is 12.4 Å². The van der Waals surface area contributed by atoms with Crippen LogP contribution in [0.2, 0.25) is 0 Å². The molecule has 1 aliphatic carbocycles. The predicted molar refractivity (Wildman–Crippen MR) is 121 cm³/mol. The molecule has 2 fully saturated rings. The number of carbonyl (C=O) groups excluding carboxylic acids is 1. The van der Waals surface area contributed by atoms with E-state index in [-0.39, 0.29) is 35.7 Å². The molecule has 0 aromatic heterocycles.